The SMILES string of the molecule is Cc1cc(O)c(O)c(Cl)c1-c1cn[nH]c1N. The van der Waals surface area contributed by atoms with Crippen molar-refractivity contribution in [2.75, 3.05) is 5.73 Å². The molecular formula is C10H10ClN3O2. The molecule has 2 aromatic rings. The molecule has 0 fully saturated rings. The number of phenols is 2. The number of nitrogens with zero attached hydrogens (tertiary/aromatic N) is 1. The first kappa shape index (κ1) is 10.6. The summed E-state index contributed by atoms with van der Waals surface area (Å²) in [6, 6.07) is 1.42. The first-order chi connectivity index (χ1) is 7.52. The maximum absolute atomic E-state index is 9.55. The van der Waals surface area contributed by atoms with Gasteiger partial charge in [0.05, 0.1) is 11.2 Å². The van der Waals surface area contributed by atoms with Crippen molar-refractivity contribution in [2.24, 2.45) is 0 Å². The molecule has 5 nitrogen and oxygen atoms in total. The average Bonchev–Trinajstić information content (AvgIpc) is 2.62. The summed E-state index contributed by atoms with van der Waals surface area (Å²) in [6.07, 6.45) is 1.51. The standard InChI is InChI=1S/C10H10ClN3O2/c1-4-2-6(15)9(16)8(11)7(4)5-3-13-14-10(5)12/h2-3,15-16H,1H3,(H3,12,13,14). The molecule has 0 radical (unpaired) electrons. The van der Waals surface area contributed by atoms with E-state index in [-0.39, 0.29) is 16.5 Å². The van der Waals surface area contributed by atoms with E-state index in [1.165, 1.54) is 12.3 Å². The number of aromatic nitrogens is 2. The monoisotopic (exact) mass is 239 g/mol. The number of aromatic amines is 1. The van der Waals surface area contributed by atoms with Crippen molar-refractivity contribution < 1.29 is 10.2 Å². The van der Waals surface area contributed by atoms with E-state index >= 15 is 0 Å². The lowest BCUT2D eigenvalue weighted by Crippen LogP contribution is -1.91. The number of anilines is 1. The van der Waals surface area contributed by atoms with Gasteiger partial charge in [0, 0.05) is 11.1 Å². The van der Waals surface area contributed by atoms with E-state index in [1.54, 1.807) is 6.92 Å². The van der Waals surface area contributed by atoms with E-state index in [0.29, 0.717) is 22.5 Å². The fourth-order valence-corrected chi connectivity index (χ4v) is 1.92. The molecule has 0 amide bonds. The molecule has 6 heteroatoms. The van der Waals surface area contributed by atoms with Crippen LogP contribution in [0.15, 0.2) is 12.3 Å². The molecule has 0 aliphatic rings. The smallest absolute Gasteiger partial charge is 0.177 e. The zero-order valence-corrected chi connectivity index (χ0v) is 9.21. The molecule has 0 aliphatic carbocycles. The molecule has 0 spiro atoms. The van der Waals surface area contributed by atoms with Gasteiger partial charge in [0.1, 0.15) is 5.82 Å². The third kappa shape index (κ3) is 1.45. The van der Waals surface area contributed by atoms with E-state index in [2.05, 4.69) is 10.2 Å². The van der Waals surface area contributed by atoms with Crippen molar-refractivity contribution in [1.82, 2.24) is 10.2 Å². The lowest BCUT2D eigenvalue weighted by atomic mass is 10.0. The Morgan fingerprint density at radius 2 is 2.12 bits per heavy atom. The number of aromatic hydroxyl groups is 2. The first-order valence-corrected chi connectivity index (χ1v) is 4.90. The molecule has 1 aromatic heterocycles. The Kier molecular flexibility index (Phi) is 2.40. The van der Waals surface area contributed by atoms with Crippen LogP contribution < -0.4 is 5.73 Å². The maximum atomic E-state index is 9.55. The summed E-state index contributed by atoms with van der Waals surface area (Å²) >= 11 is 5.96. The van der Waals surface area contributed by atoms with Gasteiger partial charge in [-0.3, -0.25) is 5.10 Å². The predicted molar refractivity (Wildman–Crippen MR) is 61.5 cm³/mol. The Hall–Kier alpha value is -1.88. The van der Waals surface area contributed by atoms with Crippen molar-refractivity contribution in [1.29, 1.82) is 0 Å². The predicted octanol–water partition coefficient (Wildman–Crippen LogP) is 2.03. The molecular weight excluding hydrogens is 230 g/mol. The molecule has 2 rings (SSSR count). The van der Waals surface area contributed by atoms with E-state index in [1.807, 2.05) is 0 Å². The summed E-state index contributed by atoms with van der Waals surface area (Å²) < 4.78 is 0. The van der Waals surface area contributed by atoms with Gasteiger partial charge in [0.15, 0.2) is 11.5 Å². The highest BCUT2D eigenvalue weighted by atomic mass is 35.5. The van der Waals surface area contributed by atoms with Crippen LogP contribution in [0.5, 0.6) is 11.5 Å². The highest BCUT2D eigenvalue weighted by molar-refractivity contribution is 6.35. The summed E-state index contributed by atoms with van der Waals surface area (Å²) in [5.41, 5.74) is 7.53. The van der Waals surface area contributed by atoms with Gasteiger partial charge in [-0.15, -0.1) is 0 Å². The minimum Gasteiger partial charge on any atom is -0.504 e. The Labute approximate surface area is 96.5 Å². The Morgan fingerprint density at radius 1 is 1.44 bits per heavy atom. The van der Waals surface area contributed by atoms with E-state index in [0.717, 1.165) is 0 Å². The highest BCUT2D eigenvalue weighted by Crippen LogP contribution is 2.43. The van der Waals surface area contributed by atoms with Crippen LogP contribution in [0.3, 0.4) is 0 Å². The lowest BCUT2D eigenvalue weighted by Gasteiger charge is -2.10. The van der Waals surface area contributed by atoms with Crippen molar-refractivity contribution in [3.63, 3.8) is 0 Å². The number of phenolic OH excluding ortho intramolecular Hbond substituents is 2. The summed E-state index contributed by atoms with van der Waals surface area (Å²) in [7, 11) is 0. The number of H-pyrrole nitrogens is 1. The number of nitrogens with two attached hydrogens (primary N) is 1. The number of nitrogen functional groups attached to an aromatic ring is 1. The number of nitrogens with one attached hydrogen (secondary N) is 1. The van der Waals surface area contributed by atoms with Crippen molar-refractivity contribution >= 4 is 17.4 Å². The molecule has 84 valence electrons. The molecule has 0 bridgehead atoms. The fraction of sp³-hybridized carbons (Fsp3) is 0.100. The first-order valence-electron chi connectivity index (χ1n) is 4.52. The van der Waals surface area contributed by atoms with Gasteiger partial charge in [-0.2, -0.15) is 5.10 Å². The van der Waals surface area contributed by atoms with Crippen LogP contribution in [0.4, 0.5) is 5.82 Å². The summed E-state index contributed by atoms with van der Waals surface area (Å²) in [6.45, 7) is 1.76. The van der Waals surface area contributed by atoms with E-state index in [4.69, 9.17) is 17.3 Å². The summed E-state index contributed by atoms with van der Waals surface area (Å²) in [5.74, 6) is -0.258. The minimum absolute atomic E-state index is 0.0607. The third-order valence-electron chi connectivity index (χ3n) is 2.36. The second kappa shape index (κ2) is 3.61. The molecule has 1 aromatic carbocycles. The normalized spacial score (nSPS) is 10.6. The molecule has 0 atom stereocenters. The van der Waals surface area contributed by atoms with Crippen LogP contribution in [-0.4, -0.2) is 20.4 Å². The summed E-state index contributed by atoms with van der Waals surface area (Å²) in [5, 5.41) is 25.4. The van der Waals surface area contributed by atoms with Crippen molar-refractivity contribution in [3.05, 3.63) is 22.8 Å². The Balaban J connectivity index is 2.76. The number of benzene rings is 1. The van der Waals surface area contributed by atoms with Crippen LogP contribution in [0.1, 0.15) is 5.56 Å². The number of rotatable bonds is 1. The molecule has 5 N–H and O–H groups in total. The zero-order chi connectivity index (χ0) is 11.9. The largest absolute Gasteiger partial charge is 0.504 e. The van der Waals surface area contributed by atoms with Crippen molar-refractivity contribution in [2.45, 2.75) is 6.92 Å². The Morgan fingerprint density at radius 3 is 2.69 bits per heavy atom. The average molecular weight is 240 g/mol. The fourth-order valence-electron chi connectivity index (χ4n) is 1.58. The van der Waals surface area contributed by atoms with Gasteiger partial charge in [-0.05, 0) is 18.6 Å². The number of hydrogen-bond donors (Lipinski definition) is 4. The molecule has 0 unspecified atom stereocenters. The van der Waals surface area contributed by atoms with E-state index < -0.39 is 0 Å². The number of aryl methyl sites for hydroxylation is 1. The van der Waals surface area contributed by atoms with Gasteiger partial charge >= 0.3 is 0 Å². The van der Waals surface area contributed by atoms with Gasteiger partial charge in [-0.25, -0.2) is 0 Å². The van der Waals surface area contributed by atoms with Crippen LogP contribution >= 0.6 is 11.6 Å². The van der Waals surface area contributed by atoms with Crippen LogP contribution in [0.2, 0.25) is 5.02 Å². The van der Waals surface area contributed by atoms with Gasteiger partial charge in [0.2, 0.25) is 0 Å². The highest BCUT2D eigenvalue weighted by Gasteiger charge is 2.17. The van der Waals surface area contributed by atoms with Crippen LogP contribution in [-0.2, 0) is 0 Å². The second-order valence-corrected chi connectivity index (χ2v) is 3.83. The quantitative estimate of drug-likeness (QED) is 0.573. The van der Waals surface area contributed by atoms with Crippen molar-refractivity contribution in [3.8, 4) is 22.6 Å². The lowest BCUT2D eigenvalue weighted by molar-refractivity contribution is 0.404. The topological polar surface area (TPSA) is 95.2 Å². The zero-order valence-electron chi connectivity index (χ0n) is 8.45. The molecule has 0 saturated carbocycles. The van der Waals surface area contributed by atoms with Crippen LogP contribution in [0, 0.1) is 6.92 Å². The van der Waals surface area contributed by atoms with Gasteiger partial charge in [-0.1, -0.05) is 11.6 Å². The maximum Gasteiger partial charge on any atom is 0.177 e. The van der Waals surface area contributed by atoms with Gasteiger partial charge < -0.3 is 15.9 Å². The summed E-state index contributed by atoms with van der Waals surface area (Å²) in [4.78, 5) is 0. The molecule has 16 heavy (non-hydrogen) atoms. The number of hydrogen-bond acceptors (Lipinski definition) is 4. The second-order valence-electron chi connectivity index (χ2n) is 3.45. The Bertz CT molecular complexity index is 551. The molecule has 0 saturated heterocycles. The molecule has 1 heterocycles. The van der Waals surface area contributed by atoms with Crippen LogP contribution in [0.25, 0.3) is 11.1 Å². The van der Waals surface area contributed by atoms with Gasteiger partial charge in [0.25, 0.3) is 0 Å². The number of halogens is 1. The minimum atomic E-state index is -0.358. The third-order valence-corrected chi connectivity index (χ3v) is 2.72. The van der Waals surface area contributed by atoms with E-state index in [9.17, 15) is 10.2 Å². The molecule has 0 aliphatic heterocycles.